The number of nitrogens with one attached hydrogen (secondary N) is 1. The van der Waals surface area contributed by atoms with Gasteiger partial charge >= 0.3 is 0 Å². The Morgan fingerprint density at radius 1 is 1.47 bits per heavy atom. The predicted molar refractivity (Wildman–Crippen MR) is 74.8 cm³/mol. The van der Waals surface area contributed by atoms with Gasteiger partial charge in [0, 0.05) is 24.7 Å². The van der Waals surface area contributed by atoms with Crippen molar-refractivity contribution in [3.8, 4) is 0 Å². The van der Waals surface area contributed by atoms with E-state index in [1.165, 1.54) is 0 Å². The number of rotatable bonds is 2. The summed E-state index contributed by atoms with van der Waals surface area (Å²) in [5.41, 5.74) is 8.79. The van der Waals surface area contributed by atoms with Crippen LogP contribution in [0.5, 0.6) is 0 Å². The van der Waals surface area contributed by atoms with Crippen LogP contribution < -0.4 is 11.1 Å². The summed E-state index contributed by atoms with van der Waals surface area (Å²) in [5.74, 6) is 0.180. The van der Waals surface area contributed by atoms with Crippen LogP contribution >= 0.6 is 0 Å². The van der Waals surface area contributed by atoms with Gasteiger partial charge in [0.2, 0.25) is 0 Å². The zero-order valence-electron chi connectivity index (χ0n) is 11.4. The number of carbonyl (C=O) groups excluding carboxylic acids is 1. The highest BCUT2D eigenvalue weighted by Crippen LogP contribution is 2.36. The van der Waals surface area contributed by atoms with Gasteiger partial charge in [0.15, 0.2) is 0 Å². The van der Waals surface area contributed by atoms with Crippen LogP contribution in [-0.4, -0.2) is 29.9 Å². The van der Waals surface area contributed by atoms with Crippen molar-refractivity contribution < 1.29 is 4.79 Å². The van der Waals surface area contributed by atoms with Gasteiger partial charge < -0.3 is 16.0 Å². The summed E-state index contributed by atoms with van der Waals surface area (Å²) < 4.78 is 0. The van der Waals surface area contributed by atoms with Crippen molar-refractivity contribution in [3.05, 3.63) is 34.9 Å². The summed E-state index contributed by atoms with van der Waals surface area (Å²) in [7, 11) is 0. The Morgan fingerprint density at radius 2 is 2.32 bits per heavy atom. The Hall–Kier alpha value is -1.39. The van der Waals surface area contributed by atoms with E-state index in [4.69, 9.17) is 5.73 Å². The molecule has 19 heavy (non-hydrogen) atoms. The number of carbonyl (C=O) groups is 1. The lowest BCUT2D eigenvalue weighted by Crippen LogP contribution is -2.47. The van der Waals surface area contributed by atoms with Crippen LogP contribution in [0, 0.1) is 0 Å². The molecule has 1 aromatic rings. The molecule has 0 spiro atoms. The molecular formula is C15H21N3O. The summed E-state index contributed by atoms with van der Waals surface area (Å²) in [5, 5.41) is 3.39. The quantitative estimate of drug-likeness (QED) is 0.844. The SMILES string of the molecule is CC1c2cc(CN)ccc2C(=O)N1C1CCCNC1. The van der Waals surface area contributed by atoms with Crippen LogP contribution in [0.15, 0.2) is 18.2 Å². The van der Waals surface area contributed by atoms with Crippen LogP contribution in [0.3, 0.4) is 0 Å². The number of piperidine rings is 1. The van der Waals surface area contributed by atoms with Crippen molar-refractivity contribution in [2.24, 2.45) is 5.73 Å². The van der Waals surface area contributed by atoms with E-state index in [0.29, 0.717) is 12.6 Å². The highest BCUT2D eigenvalue weighted by molar-refractivity contribution is 5.99. The minimum Gasteiger partial charge on any atom is -0.328 e. The van der Waals surface area contributed by atoms with Gasteiger partial charge in [-0.1, -0.05) is 12.1 Å². The molecule has 2 unspecified atom stereocenters. The van der Waals surface area contributed by atoms with Gasteiger partial charge in [-0.3, -0.25) is 4.79 Å². The molecule has 0 saturated carbocycles. The van der Waals surface area contributed by atoms with Gasteiger partial charge in [0.05, 0.1) is 6.04 Å². The average Bonchev–Trinajstić information content (AvgIpc) is 2.71. The maximum atomic E-state index is 12.6. The molecule has 102 valence electrons. The van der Waals surface area contributed by atoms with E-state index >= 15 is 0 Å². The van der Waals surface area contributed by atoms with Gasteiger partial charge in [0.1, 0.15) is 0 Å². The maximum absolute atomic E-state index is 12.6. The summed E-state index contributed by atoms with van der Waals surface area (Å²) in [6.07, 6.45) is 2.24. The van der Waals surface area contributed by atoms with E-state index in [2.05, 4.69) is 23.2 Å². The van der Waals surface area contributed by atoms with Crippen molar-refractivity contribution >= 4 is 5.91 Å². The second kappa shape index (κ2) is 4.94. The molecule has 0 aromatic heterocycles. The molecule has 1 aromatic carbocycles. The molecule has 3 N–H and O–H groups in total. The Morgan fingerprint density at radius 3 is 3.00 bits per heavy atom. The van der Waals surface area contributed by atoms with E-state index in [-0.39, 0.29) is 11.9 Å². The number of nitrogens with two attached hydrogens (primary N) is 1. The summed E-state index contributed by atoms with van der Waals surface area (Å²) >= 11 is 0. The van der Waals surface area contributed by atoms with Gasteiger partial charge in [-0.15, -0.1) is 0 Å². The number of fused-ring (bicyclic) bond motifs is 1. The summed E-state index contributed by atoms with van der Waals surface area (Å²) in [4.78, 5) is 14.6. The molecule has 1 saturated heterocycles. The summed E-state index contributed by atoms with van der Waals surface area (Å²) in [6, 6.07) is 6.48. The minimum absolute atomic E-state index is 0.166. The fourth-order valence-electron chi connectivity index (χ4n) is 3.30. The van der Waals surface area contributed by atoms with Crippen LogP contribution in [-0.2, 0) is 6.54 Å². The Bertz CT molecular complexity index is 494. The number of hydrogen-bond acceptors (Lipinski definition) is 3. The fourth-order valence-corrected chi connectivity index (χ4v) is 3.30. The zero-order chi connectivity index (χ0) is 13.4. The van der Waals surface area contributed by atoms with E-state index in [1.54, 1.807) is 0 Å². The first-order valence-electron chi connectivity index (χ1n) is 7.08. The van der Waals surface area contributed by atoms with Crippen LogP contribution in [0.1, 0.15) is 47.3 Å². The van der Waals surface area contributed by atoms with Gasteiger partial charge in [-0.05, 0) is 43.5 Å². The monoisotopic (exact) mass is 259 g/mol. The standard InChI is InChI=1S/C15H21N3O/c1-10-14-7-11(8-16)4-5-13(14)15(19)18(10)12-3-2-6-17-9-12/h4-5,7,10,12,17H,2-3,6,8-9,16H2,1H3. The first kappa shape index (κ1) is 12.6. The van der Waals surface area contributed by atoms with Crippen molar-refractivity contribution in [1.82, 2.24) is 10.2 Å². The highest BCUT2D eigenvalue weighted by atomic mass is 16.2. The van der Waals surface area contributed by atoms with Gasteiger partial charge in [0.25, 0.3) is 5.91 Å². The molecule has 2 aliphatic heterocycles. The molecular weight excluding hydrogens is 238 g/mol. The van der Waals surface area contributed by atoms with Gasteiger partial charge in [-0.25, -0.2) is 0 Å². The second-order valence-corrected chi connectivity index (χ2v) is 5.51. The summed E-state index contributed by atoms with van der Waals surface area (Å²) in [6.45, 7) is 4.63. The normalized spacial score (nSPS) is 26.6. The van der Waals surface area contributed by atoms with Crippen molar-refractivity contribution in [1.29, 1.82) is 0 Å². The third-order valence-corrected chi connectivity index (χ3v) is 4.35. The van der Waals surface area contributed by atoms with Crippen molar-refractivity contribution in [2.75, 3.05) is 13.1 Å². The smallest absolute Gasteiger partial charge is 0.255 e. The zero-order valence-corrected chi connectivity index (χ0v) is 11.4. The Kier molecular flexibility index (Phi) is 3.29. The molecule has 4 nitrogen and oxygen atoms in total. The van der Waals surface area contributed by atoms with E-state index in [1.807, 2.05) is 12.1 Å². The number of benzene rings is 1. The van der Waals surface area contributed by atoms with Crippen molar-refractivity contribution in [2.45, 2.75) is 38.4 Å². The molecule has 3 rings (SSSR count). The first-order valence-corrected chi connectivity index (χ1v) is 7.08. The second-order valence-electron chi connectivity index (χ2n) is 5.51. The molecule has 2 atom stereocenters. The minimum atomic E-state index is 0.166. The van der Waals surface area contributed by atoms with E-state index in [0.717, 1.165) is 42.6 Å². The predicted octanol–water partition coefficient (Wildman–Crippen LogP) is 1.41. The first-order chi connectivity index (χ1) is 9.22. The molecule has 0 bridgehead atoms. The molecule has 1 amide bonds. The fraction of sp³-hybridized carbons (Fsp3) is 0.533. The molecule has 2 heterocycles. The third-order valence-electron chi connectivity index (χ3n) is 4.35. The topological polar surface area (TPSA) is 58.4 Å². The molecule has 2 aliphatic rings. The van der Waals surface area contributed by atoms with Crippen LogP contribution in [0.2, 0.25) is 0 Å². The highest BCUT2D eigenvalue weighted by Gasteiger charge is 2.38. The lowest BCUT2D eigenvalue weighted by atomic mass is 10.0. The molecule has 0 radical (unpaired) electrons. The largest absolute Gasteiger partial charge is 0.328 e. The Balaban J connectivity index is 1.92. The molecule has 4 heteroatoms. The molecule has 0 aliphatic carbocycles. The molecule has 1 fully saturated rings. The average molecular weight is 259 g/mol. The number of amides is 1. The third kappa shape index (κ3) is 2.05. The lowest BCUT2D eigenvalue weighted by molar-refractivity contribution is 0.0609. The maximum Gasteiger partial charge on any atom is 0.255 e. The van der Waals surface area contributed by atoms with Crippen LogP contribution in [0.4, 0.5) is 0 Å². The lowest BCUT2D eigenvalue weighted by Gasteiger charge is -2.34. The number of nitrogens with zero attached hydrogens (tertiary/aromatic N) is 1. The Labute approximate surface area is 114 Å². The van der Waals surface area contributed by atoms with E-state index < -0.39 is 0 Å². The number of hydrogen-bond donors (Lipinski definition) is 2. The van der Waals surface area contributed by atoms with Gasteiger partial charge in [-0.2, -0.15) is 0 Å². The van der Waals surface area contributed by atoms with Crippen LogP contribution in [0.25, 0.3) is 0 Å². The van der Waals surface area contributed by atoms with Crippen molar-refractivity contribution in [3.63, 3.8) is 0 Å². The van der Waals surface area contributed by atoms with E-state index in [9.17, 15) is 4.79 Å².